The number of imidazole rings is 1. The molecule has 0 amide bonds. The minimum absolute atomic E-state index is 0.0413. The molecule has 1 aromatic carbocycles. The second-order valence-electron chi connectivity index (χ2n) is 4.35. The summed E-state index contributed by atoms with van der Waals surface area (Å²) >= 11 is 0. The van der Waals surface area contributed by atoms with Gasteiger partial charge in [0.25, 0.3) is 5.78 Å². The lowest BCUT2D eigenvalue weighted by Gasteiger charge is -2.10. The smallest absolute Gasteiger partial charge is 0.378 e. The molecule has 0 spiro atoms. The number of carboxylic acids is 1. The first-order chi connectivity index (χ1) is 9.45. The van der Waals surface area contributed by atoms with E-state index in [0.717, 1.165) is 22.4 Å². The van der Waals surface area contributed by atoms with Crippen molar-refractivity contribution in [3.8, 4) is 17.1 Å². The lowest BCUT2D eigenvalue weighted by Crippen LogP contribution is -2.12. The predicted octanol–water partition coefficient (Wildman–Crippen LogP) is 1.97. The molecular weight excluding hydrogens is 260 g/mol. The van der Waals surface area contributed by atoms with Gasteiger partial charge in [0.05, 0.1) is 13.3 Å². The molecule has 0 unspecified atom stereocenters. The molecule has 0 saturated carbocycles. The predicted molar refractivity (Wildman–Crippen MR) is 72.0 cm³/mol. The van der Waals surface area contributed by atoms with Gasteiger partial charge < -0.3 is 14.8 Å². The second kappa shape index (κ2) is 5.16. The van der Waals surface area contributed by atoms with Crippen LogP contribution >= 0.6 is 0 Å². The molecule has 6 heteroatoms. The van der Waals surface area contributed by atoms with Crippen LogP contribution in [0.3, 0.4) is 0 Å². The lowest BCUT2D eigenvalue weighted by atomic mass is 10.0. The molecule has 2 rings (SSSR count). The molecule has 1 aromatic heterocycles. The van der Waals surface area contributed by atoms with Gasteiger partial charge in [-0.3, -0.25) is 4.79 Å². The Hall–Kier alpha value is -2.63. The number of Topliss-reactive ketones (excluding diaryl/α,β-unsaturated/α-hetero) is 1. The average molecular weight is 274 g/mol. The number of ketones is 1. The molecule has 0 aliphatic carbocycles. The van der Waals surface area contributed by atoms with E-state index in [1.807, 2.05) is 19.9 Å². The Balaban J connectivity index is 2.46. The largest absolute Gasteiger partial charge is 0.496 e. The third-order valence-corrected chi connectivity index (χ3v) is 3.23. The van der Waals surface area contributed by atoms with E-state index in [4.69, 9.17) is 9.84 Å². The number of nitrogens with zero attached hydrogens (tertiary/aromatic N) is 1. The fourth-order valence-corrected chi connectivity index (χ4v) is 1.96. The highest BCUT2D eigenvalue weighted by Crippen LogP contribution is 2.29. The zero-order valence-corrected chi connectivity index (χ0v) is 11.4. The maximum atomic E-state index is 11.4. The summed E-state index contributed by atoms with van der Waals surface area (Å²) in [5, 5.41) is 8.67. The van der Waals surface area contributed by atoms with Gasteiger partial charge in [-0.05, 0) is 37.1 Å². The zero-order valence-electron chi connectivity index (χ0n) is 11.4. The number of H-pyrrole nitrogens is 1. The molecular formula is C14H14N2O4. The minimum atomic E-state index is -1.51. The fraction of sp³-hybridized carbons (Fsp3) is 0.214. The summed E-state index contributed by atoms with van der Waals surface area (Å²) < 4.78 is 5.23. The Labute approximate surface area is 115 Å². The highest BCUT2D eigenvalue weighted by molar-refractivity contribution is 6.39. The zero-order chi connectivity index (χ0) is 14.9. The van der Waals surface area contributed by atoms with E-state index in [1.54, 1.807) is 13.2 Å². The first-order valence-electron chi connectivity index (χ1n) is 5.93. The van der Waals surface area contributed by atoms with Crippen LogP contribution < -0.4 is 4.74 Å². The quantitative estimate of drug-likeness (QED) is 0.657. The van der Waals surface area contributed by atoms with Crippen molar-refractivity contribution in [2.24, 2.45) is 0 Å². The van der Waals surface area contributed by atoms with Gasteiger partial charge in [-0.25, -0.2) is 9.78 Å². The number of rotatable bonds is 4. The number of ether oxygens (including phenoxy) is 1. The highest BCUT2D eigenvalue weighted by atomic mass is 16.5. The molecule has 0 radical (unpaired) electrons. The van der Waals surface area contributed by atoms with Crippen molar-refractivity contribution in [1.82, 2.24) is 9.97 Å². The number of carbonyl (C=O) groups excluding carboxylic acids is 1. The van der Waals surface area contributed by atoms with Gasteiger partial charge in [0.15, 0.2) is 0 Å². The van der Waals surface area contributed by atoms with Crippen molar-refractivity contribution < 1.29 is 19.4 Å². The van der Waals surface area contributed by atoms with Gasteiger partial charge >= 0.3 is 5.97 Å². The van der Waals surface area contributed by atoms with Crippen molar-refractivity contribution >= 4 is 11.8 Å². The lowest BCUT2D eigenvalue weighted by molar-refractivity contribution is -0.131. The molecule has 2 N–H and O–H groups in total. The molecule has 0 aliphatic rings. The third-order valence-electron chi connectivity index (χ3n) is 3.23. The standard InChI is InChI=1S/C14H14N2O4/c1-7-8(2)11(20-3)5-4-9(7)13-15-6-10(16-13)12(17)14(18)19/h4-6H,1-3H3,(H,15,16)(H,18,19). The van der Waals surface area contributed by atoms with E-state index in [-0.39, 0.29) is 5.69 Å². The van der Waals surface area contributed by atoms with E-state index >= 15 is 0 Å². The molecule has 0 aliphatic heterocycles. The number of aliphatic carboxylic acids is 1. The summed E-state index contributed by atoms with van der Waals surface area (Å²) in [5.41, 5.74) is 2.67. The van der Waals surface area contributed by atoms with Gasteiger partial charge in [0.1, 0.15) is 17.3 Å². The molecule has 2 aromatic rings. The monoisotopic (exact) mass is 274 g/mol. The first kappa shape index (κ1) is 13.8. The van der Waals surface area contributed by atoms with Gasteiger partial charge in [-0.2, -0.15) is 0 Å². The number of hydrogen-bond donors (Lipinski definition) is 2. The van der Waals surface area contributed by atoms with Crippen LogP contribution in [0.5, 0.6) is 5.75 Å². The molecule has 0 fully saturated rings. The first-order valence-corrected chi connectivity index (χ1v) is 5.93. The van der Waals surface area contributed by atoms with E-state index < -0.39 is 11.8 Å². The van der Waals surface area contributed by atoms with Crippen LogP contribution in [0.1, 0.15) is 21.6 Å². The summed E-state index contributed by atoms with van der Waals surface area (Å²) in [5.74, 6) is -1.30. The van der Waals surface area contributed by atoms with Crippen LogP contribution in [0.4, 0.5) is 0 Å². The van der Waals surface area contributed by atoms with E-state index in [0.29, 0.717) is 5.82 Å². The van der Waals surface area contributed by atoms with Crippen LogP contribution in [0, 0.1) is 13.8 Å². The molecule has 0 atom stereocenters. The Morgan fingerprint density at radius 1 is 1.25 bits per heavy atom. The maximum absolute atomic E-state index is 11.4. The SMILES string of the molecule is COc1ccc(-c2ncc(C(=O)C(=O)O)[nH]2)c(C)c1C. The molecule has 20 heavy (non-hydrogen) atoms. The number of aromatic amines is 1. The third kappa shape index (κ3) is 2.27. The molecule has 0 saturated heterocycles. The van der Waals surface area contributed by atoms with Crippen LogP contribution in [0.2, 0.25) is 0 Å². The summed E-state index contributed by atoms with van der Waals surface area (Å²) in [4.78, 5) is 28.8. The highest BCUT2D eigenvalue weighted by Gasteiger charge is 2.18. The number of hydrogen-bond acceptors (Lipinski definition) is 4. The summed E-state index contributed by atoms with van der Waals surface area (Å²) in [6.45, 7) is 3.83. The minimum Gasteiger partial charge on any atom is -0.496 e. The van der Waals surface area contributed by atoms with Crippen molar-refractivity contribution in [3.63, 3.8) is 0 Å². The topological polar surface area (TPSA) is 92.3 Å². The van der Waals surface area contributed by atoms with Crippen LogP contribution in [-0.2, 0) is 4.79 Å². The van der Waals surface area contributed by atoms with Crippen molar-refractivity contribution in [2.45, 2.75) is 13.8 Å². The fourth-order valence-electron chi connectivity index (χ4n) is 1.96. The number of methoxy groups -OCH3 is 1. The summed E-state index contributed by atoms with van der Waals surface area (Å²) in [7, 11) is 1.60. The van der Waals surface area contributed by atoms with Gasteiger partial charge in [0.2, 0.25) is 0 Å². The summed E-state index contributed by atoms with van der Waals surface area (Å²) in [6, 6.07) is 3.62. The summed E-state index contributed by atoms with van der Waals surface area (Å²) in [6.07, 6.45) is 1.23. The normalized spacial score (nSPS) is 10.3. The van der Waals surface area contributed by atoms with Crippen molar-refractivity contribution in [2.75, 3.05) is 7.11 Å². The molecule has 1 heterocycles. The van der Waals surface area contributed by atoms with Crippen molar-refractivity contribution in [3.05, 3.63) is 35.2 Å². The Morgan fingerprint density at radius 2 is 1.95 bits per heavy atom. The van der Waals surface area contributed by atoms with Gasteiger partial charge in [0, 0.05) is 5.56 Å². The second-order valence-corrected chi connectivity index (χ2v) is 4.35. The maximum Gasteiger partial charge on any atom is 0.378 e. The van der Waals surface area contributed by atoms with Crippen LogP contribution in [-0.4, -0.2) is 33.9 Å². The number of nitrogens with one attached hydrogen (secondary N) is 1. The number of carbonyl (C=O) groups is 2. The van der Waals surface area contributed by atoms with Crippen LogP contribution in [0.25, 0.3) is 11.4 Å². The Morgan fingerprint density at radius 3 is 2.55 bits per heavy atom. The number of aromatic nitrogens is 2. The van der Waals surface area contributed by atoms with Gasteiger partial charge in [-0.15, -0.1) is 0 Å². The van der Waals surface area contributed by atoms with Crippen LogP contribution in [0.15, 0.2) is 18.3 Å². The van der Waals surface area contributed by atoms with Gasteiger partial charge in [-0.1, -0.05) is 0 Å². The Bertz CT molecular complexity index is 688. The van der Waals surface area contributed by atoms with E-state index in [9.17, 15) is 9.59 Å². The molecule has 104 valence electrons. The van der Waals surface area contributed by atoms with Crippen molar-refractivity contribution in [1.29, 1.82) is 0 Å². The molecule has 0 bridgehead atoms. The Kier molecular flexibility index (Phi) is 3.56. The van der Waals surface area contributed by atoms with E-state index in [2.05, 4.69) is 9.97 Å². The number of benzene rings is 1. The van der Waals surface area contributed by atoms with E-state index in [1.165, 1.54) is 6.20 Å². The number of carboxylic acid groups (broad SMARTS) is 1. The molecule has 6 nitrogen and oxygen atoms in total. The average Bonchev–Trinajstić information content (AvgIpc) is 2.90.